The summed E-state index contributed by atoms with van der Waals surface area (Å²) in [7, 11) is 0. The lowest BCUT2D eigenvalue weighted by Crippen LogP contribution is -1.93. The third-order valence-corrected chi connectivity index (χ3v) is 4.39. The van der Waals surface area contributed by atoms with Gasteiger partial charge in [0.1, 0.15) is 11.6 Å². The maximum atomic E-state index is 13.2. The van der Waals surface area contributed by atoms with Crippen LogP contribution in [0.4, 0.5) is 14.5 Å². The van der Waals surface area contributed by atoms with E-state index in [9.17, 15) is 18.7 Å². The van der Waals surface area contributed by atoms with Crippen molar-refractivity contribution in [2.75, 3.05) is 5.75 Å². The Kier molecular flexibility index (Phi) is 5.08. The predicted molar refractivity (Wildman–Crippen MR) is 91.2 cm³/mol. The normalized spacial score (nSPS) is 11.4. The summed E-state index contributed by atoms with van der Waals surface area (Å²) in [4.78, 5) is 15.2. The highest BCUT2D eigenvalue weighted by molar-refractivity contribution is 7.99. The summed E-state index contributed by atoms with van der Waals surface area (Å²) >= 11 is 1.40. The first-order valence-corrected chi connectivity index (χ1v) is 8.34. The van der Waals surface area contributed by atoms with Crippen molar-refractivity contribution in [3.05, 3.63) is 54.1 Å². The molecule has 0 radical (unpaired) electrons. The van der Waals surface area contributed by atoms with Crippen LogP contribution in [0.25, 0.3) is 10.9 Å². The molecule has 0 saturated heterocycles. The average molecular weight is 361 g/mol. The maximum absolute atomic E-state index is 13.2. The smallest absolute Gasteiger partial charge is 0.265 e. The Morgan fingerprint density at radius 1 is 1.12 bits per heavy atom. The van der Waals surface area contributed by atoms with Gasteiger partial charge in [-0.15, -0.1) is 22.0 Å². The van der Waals surface area contributed by atoms with E-state index in [0.717, 1.165) is 4.90 Å². The summed E-state index contributed by atoms with van der Waals surface area (Å²) in [6.45, 7) is 0. The van der Waals surface area contributed by atoms with Crippen molar-refractivity contribution in [3.8, 4) is 5.88 Å². The van der Waals surface area contributed by atoms with Gasteiger partial charge in [0.15, 0.2) is 5.69 Å². The van der Waals surface area contributed by atoms with Crippen molar-refractivity contribution in [1.29, 1.82) is 0 Å². The number of H-pyrrole nitrogens is 1. The van der Waals surface area contributed by atoms with Gasteiger partial charge in [0.2, 0.25) is 5.88 Å². The predicted octanol–water partition coefficient (Wildman–Crippen LogP) is 4.94. The molecule has 0 unspecified atom stereocenters. The highest BCUT2D eigenvalue weighted by Gasteiger charge is 2.11. The molecular formula is C17H13F2N3O2S. The Labute approximate surface area is 145 Å². The number of hydrogen-bond acceptors (Lipinski definition) is 4. The third-order valence-electron chi connectivity index (χ3n) is 3.37. The highest BCUT2D eigenvalue weighted by Crippen LogP contribution is 2.35. The first kappa shape index (κ1) is 17.1. The first-order chi connectivity index (χ1) is 12.0. The summed E-state index contributed by atoms with van der Waals surface area (Å²) in [5, 5.41) is 17.6. The lowest BCUT2D eigenvalue weighted by molar-refractivity contribution is -0.117. The van der Waals surface area contributed by atoms with Gasteiger partial charge in [-0.25, -0.2) is 8.78 Å². The Morgan fingerprint density at radius 2 is 1.84 bits per heavy atom. The number of hydrogen-bond donors (Lipinski definition) is 2. The quantitative estimate of drug-likeness (QED) is 0.499. The minimum atomic E-state index is -0.453. The van der Waals surface area contributed by atoms with E-state index in [1.165, 1.54) is 42.1 Å². The lowest BCUT2D eigenvalue weighted by atomic mass is 10.2. The van der Waals surface area contributed by atoms with E-state index in [0.29, 0.717) is 16.7 Å². The molecule has 25 heavy (non-hydrogen) atoms. The zero-order valence-corrected chi connectivity index (χ0v) is 13.7. The number of aromatic amines is 1. The van der Waals surface area contributed by atoms with Crippen LogP contribution in [0.1, 0.15) is 6.42 Å². The van der Waals surface area contributed by atoms with Crippen molar-refractivity contribution in [2.45, 2.75) is 11.3 Å². The topological polar surface area (TPSA) is 77.8 Å². The van der Waals surface area contributed by atoms with Crippen LogP contribution in [-0.4, -0.2) is 21.8 Å². The summed E-state index contributed by atoms with van der Waals surface area (Å²) in [6.07, 6.45) is 0.142. The fraction of sp³-hybridized carbons (Fsp3) is 0.118. The molecule has 3 aromatic rings. The van der Waals surface area contributed by atoms with Gasteiger partial charge in [0, 0.05) is 22.5 Å². The van der Waals surface area contributed by atoms with Crippen LogP contribution in [0.5, 0.6) is 5.88 Å². The number of aromatic nitrogens is 1. The third kappa shape index (κ3) is 4.21. The SMILES string of the molecule is O=C(CCSc1ccc(F)cc1)N=Nc1c(O)[nH]c2cc(F)ccc12. The number of thioether (sulfide) groups is 1. The van der Waals surface area contributed by atoms with E-state index in [4.69, 9.17) is 0 Å². The molecule has 128 valence electrons. The number of amides is 1. The van der Waals surface area contributed by atoms with Crippen molar-refractivity contribution in [3.63, 3.8) is 0 Å². The van der Waals surface area contributed by atoms with E-state index in [1.54, 1.807) is 12.1 Å². The molecule has 8 heteroatoms. The van der Waals surface area contributed by atoms with Gasteiger partial charge in [-0.1, -0.05) is 0 Å². The number of azo groups is 1. The van der Waals surface area contributed by atoms with E-state index in [1.807, 2.05) is 0 Å². The number of carbonyl (C=O) groups is 1. The number of carbonyl (C=O) groups excluding carboxylic acids is 1. The summed E-state index contributed by atoms with van der Waals surface area (Å²) in [5.41, 5.74) is 0.459. The van der Waals surface area contributed by atoms with Crippen LogP contribution in [0.2, 0.25) is 0 Å². The molecule has 0 spiro atoms. The second-order valence-electron chi connectivity index (χ2n) is 5.16. The molecule has 3 rings (SSSR count). The van der Waals surface area contributed by atoms with E-state index >= 15 is 0 Å². The number of nitrogens with zero attached hydrogens (tertiary/aromatic N) is 2. The molecule has 5 nitrogen and oxygen atoms in total. The van der Waals surface area contributed by atoms with Crippen LogP contribution >= 0.6 is 11.8 Å². The molecular weight excluding hydrogens is 348 g/mol. The molecule has 2 N–H and O–H groups in total. The van der Waals surface area contributed by atoms with Crippen molar-refractivity contribution >= 4 is 34.3 Å². The van der Waals surface area contributed by atoms with Crippen LogP contribution in [0.3, 0.4) is 0 Å². The van der Waals surface area contributed by atoms with Gasteiger partial charge < -0.3 is 10.1 Å². The number of rotatable bonds is 5. The molecule has 1 amide bonds. The Hall–Kier alpha value is -2.74. The minimum Gasteiger partial charge on any atom is -0.493 e. The van der Waals surface area contributed by atoms with Gasteiger partial charge in [-0.05, 0) is 42.5 Å². The highest BCUT2D eigenvalue weighted by atomic mass is 32.2. The van der Waals surface area contributed by atoms with Gasteiger partial charge in [-0.2, -0.15) is 0 Å². The molecule has 0 bridgehead atoms. The van der Waals surface area contributed by atoms with Crippen LogP contribution in [0, 0.1) is 11.6 Å². The molecule has 2 aromatic carbocycles. The van der Waals surface area contributed by atoms with E-state index in [2.05, 4.69) is 15.2 Å². The fourth-order valence-electron chi connectivity index (χ4n) is 2.18. The molecule has 0 aliphatic carbocycles. The molecule has 0 aliphatic rings. The van der Waals surface area contributed by atoms with E-state index < -0.39 is 11.7 Å². The van der Waals surface area contributed by atoms with Gasteiger partial charge in [-0.3, -0.25) is 4.79 Å². The number of benzene rings is 2. The number of fused-ring (bicyclic) bond motifs is 1. The zero-order chi connectivity index (χ0) is 17.8. The zero-order valence-electron chi connectivity index (χ0n) is 12.9. The van der Waals surface area contributed by atoms with Gasteiger partial charge in [0.05, 0.1) is 5.52 Å². The van der Waals surface area contributed by atoms with Crippen LogP contribution in [-0.2, 0) is 4.79 Å². The average Bonchev–Trinajstić information content (AvgIpc) is 2.89. The Morgan fingerprint density at radius 3 is 2.60 bits per heavy atom. The molecule has 0 atom stereocenters. The second-order valence-corrected chi connectivity index (χ2v) is 6.33. The molecule has 1 heterocycles. The number of nitrogens with one attached hydrogen (secondary N) is 1. The van der Waals surface area contributed by atoms with Crippen LogP contribution < -0.4 is 0 Å². The van der Waals surface area contributed by atoms with Gasteiger partial charge >= 0.3 is 0 Å². The van der Waals surface area contributed by atoms with Crippen molar-refractivity contribution in [1.82, 2.24) is 4.98 Å². The standard InChI is InChI=1S/C17H13F2N3O2S/c18-10-1-4-12(5-2-10)25-8-7-15(23)21-22-16-13-6-3-11(19)9-14(13)20-17(16)24/h1-6,9,20,24H,7-8H2. The summed E-state index contributed by atoms with van der Waals surface area (Å²) < 4.78 is 26.0. The number of halogens is 2. The van der Waals surface area contributed by atoms with Crippen molar-refractivity contribution < 1.29 is 18.7 Å². The minimum absolute atomic E-state index is 0.0922. The molecule has 0 saturated carbocycles. The van der Waals surface area contributed by atoms with Crippen molar-refractivity contribution in [2.24, 2.45) is 10.2 Å². The second kappa shape index (κ2) is 7.43. The monoisotopic (exact) mass is 361 g/mol. The lowest BCUT2D eigenvalue weighted by Gasteiger charge is -1.99. The van der Waals surface area contributed by atoms with Crippen LogP contribution in [0.15, 0.2) is 57.6 Å². The fourth-order valence-corrected chi connectivity index (χ4v) is 3.03. The molecule has 0 aliphatic heterocycles. The first-order valence-electron chi connectivity index (χ1n) is 7.36. The largest absolute Gasteiger partial charge is 0.493 e. The Balaban J connectivity index is 1.61. The Bertz CT molecular complexity index is 939. The summed E-state index contributed by atoms with van der Waals surface area (Å²) in [6, 6.07) is 9.87. The van der Waals surface area contributed by atoms with E-state index in [-0.39, 0.29) is 23.8 Å². The van der Waals surface area contributed by atoms with Gasteiger partial charge in [0.25, 0.3) is 5.91 Å². The molecule has 0 fully saturated rings. The summed E-state index contributed by atoms with van der Waals surface area (Å²) in [5.74, 6) is -1.03. The number of aromatic hydroxyl groups is 1. The molecule has 1 aromatic heterocycles. The maximum Gasteiger partial charge on any atom is 0.265 e.